The van der Waals surface area contributed by atoms with Crippen LogP contribution in [0.3, 0.4) is 0 Å². The number of benzene rings is 1. The van der Waals surface area contributed by atoms with E-state index >= 15 is 0 Å². The number of ether oxygens (including phenoxy) is 1. The molecule has 0 aliphatic rings. The van der Waals surface area contributed by atoms with Crippen molar-refractivity contribution in [2.24, 2.45) is 0 Å². The molecule has 0 aliphatic carbocycles. The van der Waals surface area contributed by atoms with Crippen molar-refractivity contribution in [2.75, 3.05) is 0 Å². The Morgan fingerprint density at radius 1 is 1.20 bits per heavy atom. The highest BCUT2D eigenvalue weighted by Crippen LogP contribution is 2.16. The van der Waals surface area contributed by atoms with Crippen molar-refractivity contribution in [3.05, 3.63) is 35.9 Å². The molecule has 1 rings (SSSR count). The van der Waals surface area contributed by atoms with Gasteiger partial charge in [-0.15, -0.1) is 0 Å². The predicted molar refractivity (Wildman–Crippen MR) is 69.0 cm³/mol. The van der Waals surface area contributed by atoms with Gasteiger partial charge >= 0.3 is 12.3 Å². The fourth-order valence-electron chi connectivity index (χ4n) is 1.61. The summed E-state index contributed by atoms with van der Waals surface area (Å²) in [5, 5.41) is 1.35. The Kier molecular flexibility index (Phi) is 5.16. The third-order valence-electron chi connectivity index (χ3n) is 2.31. The molecule has 1 N–H and O–H groups in total. The van der Waals surface area contributed by atoms with Crippen LogP contribution in [0.5, 0.6) is 0 Å². The van der Waals surface area contributed by atoms with Crippen LogP contribution in [0, 0.1) is 0 Å². The van der Waals surface area contributed by atoms with Crippen LogP contribution in [0.4, 0.5) is 13.2 Å². The minimum atomic E-state index is -4.64. The molecule has 1 aromatic rings. The highest BCUT2D eigenvalue weighted by molar-refractivity contribution is 5.76. The molecule has 0 radical (unpaired) electrons. The molecule has 0 aliphatic heterocycles. The number of esters is 1. The minimum absolute atomic E-state index is 0.0880. The van der Waals surface area contributed by atoms with Crippen LogP contribution < -0.4 is 5.32 Å². The van der Waals surface area contributed by atoms with Gasteiger partial charge in [-0.25, -0.2) is 5.32 Å². The van der Waals surface area contributed by atoms with Crippen molar-refractivity contribution in [2.45, 2.75) is 45.1 Å². The molecular weight excluding hydrogens is 271 g/mol. The van der Waals surface area contributed by atoms with Crippen LogP contribution in [0.1, 0.15) is 26.3 Å². The summed E-state index contributed by atoms with van der Waals surface area (Å²) in [6, 6.07) is 7.02. The number of alkyl halides is 3. The summed E-state index contributed by atoms with van der Waals surface area (Å²) in [6.07, 6.45) is -4.73. The number of nitrogens with one attached hydrogen (secondary N) is 1. The van der Waals surface area contributed by atoms with Crippen molar-refractivity contribution in [3.63, 3.8) is 0 Å². The molecule has 0 saturated heterocycles. The van der Waals surface area contributed by atoms with E-state index in [-0.39, 0.29) is 6.42 Å². The van der Waals surface area contributed by atoms with Gasteiger partial charge in [-0.1, -0.05) is 30.3 Å². The van der Waals surface area contributed by atoms with Crippen LogP contribution in [0.25, 0.3) is 0 Å². The van der Waals surface area contributed by atoms with Crippen LogP contribution >= 0.6 is 0 Å². The maximum Gasteiger partial charge on any atom is 0.457 e. The van der Waals surface area contributed by atoms with Crippen molar-refractivity contribution in [1.82, 2.24) is 5.32 Å². The van der Waals surface area contributed by atoms with Gasteiger partial charge in [0, 0.05) is 0 Å². The van der Waals surface area contributed by atoms with Gasteiger partial charge < -0.3 is 4.74 Å². The lowest BCUT2D eigenvalue weighted by Crippen LogP contribution is -2.49. The molecule has 0 bridgehead atoms. The number of hydrogen-bond acceptors (Lipinski definition) is 3. The van der Waals surface area contributed by atoms with E-state index in [0.29, 0.717) is 5.56 Å². The quantitative estimate of drug-likeness (QED) is 0.684. The maximum absolute atomic E-state index is 12.5. The molecule has 0 fully saturated rings. The summed E-state index contributed by atoms with van der Waals surface area (Å²) in [6.45, 7) is 4.83. The molecule has 112 valence electrons. The van der Waals surface area contributed by atoms with E-state index < -0.39 is 23.9 Å². The second-order valence-corrected chi connectivity index (χ2v) is 5.42. The first kappa shape index (κ1) is 16.5. The first-order valence-electron chi connectivity index (χ1n) is 6.18. The molecule has 3 nitrogen and oxygen atoms in total. The zero-order chi connectivity index (χ0) is 15.4. The number of rotatable bonds is 4. The smallest absolute Gasteiger partial charge is 0.457 e. The summed E-state index contributed by atoms with van der Waals surface area (Å²) >= 11 is 0. The number of carbonyl (C=O) groups is 1. The van der Waals surface area contributed by atoms with E-state index in [1.54, 1.807) is 51.1 Å². The third-order valence-corrected chi connectivity index (χ3v) is 2.31. The van der Waals surface area contributed by atoms with Crippen LogP contribution in [0.15, 0.2) is 30.3 Å². The van der Waals surface area contributed by atoms with Gasteiger partial charge in [-0.3, -0.25) is 4.79 Å². The van der Waals surface area contributed by atoms with Crippen molar-refractivity contribution < 1.29 is 22.7 Å². The minimum Gasteiger partial charge on any atom is -0.459 e. The van der Waals surface area contributed by atoms with Gasteiger partial charge in [0.2, 0.25) is 0 Å². The Labute approximate surface area is 116 Å². The fourth-order valence-corrected chi connectivity index (χ4v) is 1.61. The average molecular weight is 289 g/mol. The standard InChI is InChI=1S/C14H18F3NO2/c1-13(2,3)20-12(19)11(18-14(15,16)17)9-10-7-5-4-6-8-10/h4-8,11,18H,9H2,1-3H3/t11-/m0/s1. The Bertz CT molecular complexity index is 438. The van der Waals surface area contributed by atoms with Gasteiger partial charge in [-0.2, -0.15) is 13.2 Å². The van der Waals surface area contributed by atoms with Crippen LogP contribution in [-0.2, 0) is 16.0 Å². The molecule has 0 spiro atoms. The largest absolute Gasteiger partial charge is 0.459 e. The van der Waals surface area contributed by atoms with E-state index in [4.69, 9.17) is 4.74 Å². The second-order valence-electron chi connectivity index (χ2n) is 5.42. The van der Waals surface area contributed by atoms with Crippen LogP contribution in [0.2, 0.25) is 0 Å². The lowest BCUT2D eigenvalue weighted by Gasteiger charge is -2.25. The highest BCUT2D eigenvalue weighted by Gasteiger charge is 2.36. The molecule has 1 aromatic carbocycles. The molecule has 0 heterocycles. The van der Waals surface area contributed by atoms with Crippen LogP contribution in [-0.4, -0.2) is 23.9 Å². The zero-order valence-corrected chi connectivity index (χ0v) is 11.6. The molecule has 0 aromatic heterocycles. The molecule has 0 unspecified atom stereocenters. The predicted octanol–water partition coefficient (Wildman–Crippen LogP) is 3.05. The second kappa shape index (κ2) is 6.26. The maximum atomic E-state index is 12.5. The number of halogens is 3. The van der Waals surface area contributed by atoms with E-state index in [1.165, 1.54) is 5.32 Å². The normalized spacial score (nSPS) is 13.9. The molecule has 0 amide bonds. The lowest BCUT2D eigenvalue weighted by atomic mass is 10.1. The van der Waals surface area contributed by atoms with E-state index in [9.17, 15) is 18.0 Å². The van der Waals surface area contributed by atoms with Crippen molar-refractivity contribution in [1.29, 1.82) is 0 Å². The Morgan fingerprint density at radius 2 is 1.75 bits per heavy atom. The third kappa shape index (κ3) is 6.56. The first-order chi connectivity index (χ1) is 9.07. The van der Waals surface area contributed by atoms with Gasteiger partial charge in [0.05, 0.1) is 0 Å². The molecule has 0 saturated carbocycles. The first-order valence-corrected chi connectivity index (χ1v) is 6.18. The Balaban J connectivity index is 2.83. The van der Waals surface area contributed by atoms with Gasteiger partial charge in [-0.05, 0) is 32.8 Å². The molecule has 20 heavy (non-hydrogen) atoms. The number of carbonyl (C=O) groups excluding carboxylic acids is 1. The number of hydrogen-bond donors (Lipinski definition) is 1. The molecule has 6 heteroatoms. The van der Waals surface area contributed by atoms with E-state index in [2.05, 4.69) is 0 Å². The molecular formula is C14H18F3NO2. The van der Waals surface area contributed by atoms with E-state index in [0.717, 1.165) is 0 Å². The molecule has 1 atom stereocenters. The fraction of sp³-hybridized carbons (Fsp3) is 0.500. The lowest BCUT2D eigenvalue weighted by molar-refractivity contribution is -0.182. The van der Waals surface area contributed by atoms with E-state index in [1.807, 2.05) is 0 Å². The zero-order valence-electron chi connectivity index (χ0n) is 11.6. The monoisotopic (exact) mass is 289 g/mol. The van der Waals surface area contributed by atoms with Crippen molar-refractivity contribution >= 4 is 5.97 Å². The highest BCUT2D eigenvalue weighted by atomic mass is 19.4. The Hall–Kier alpha value is -1.56. The summed E-state index contributed by atoms with van der Waals surface area (Å²) in [5.74, 6) is -0.918. The van der Waals surface area contributed by atoms with Gasteiger partial charge in [0.15, 0.2) is 0 Å². The SMILES string of the molecule is CC(C)(C)OC(=O)[C@H](Cc1ccccc1)NC(F)(F)F. The Morgan fingerprint density at radius 3 is 2.20 bits per heavy atom. The van der Waals surface area contributed by atoms with Crippen molar-refractivity contribution in [3.8, 4) is 0 Å². The summed E-state index contributed by atoms with van der Waals surface area (Å²) in [4.78, 5) is 11.9. The summed E-state index contributed by atoms with van der Waals surface area (Å²) in [5.41, 5.74) is -0.209. The summed E-state index contributed by atoms with van der Waals surface area (Å²) < 4.78 is 42.5. The van der Waals surface area contributed by atoms with Gasteiger partial charge in [0.1, 0.15) is 11.6 Å². The topological polar surface area (TPSA) is 38.3 Å². The summed E-state index contributed by atoms with van der Waals surface area (Å²) in [7, 11) is 0. The van der Waals surface area contributed by atoms with Gasteiger partial charge in [0.25, 0.3) is 0 Å². The average Bonchev–Trinajstić information content (AvgIpc) is 2.25.